The molecule has 3 aromatic rings. The van der Waals surface area contributed by atoms with E-state index in [1.165, 1.54) is 0 Å². The summed E-state index contributed by atoms with van der Waals surface area (Å²) in [4.78, 5) is 4.50. The smallest absolute Gasteiger partial charge is 0.365 e. The molecule has 150 valence electrons. The highest BCUT2D eigenvalue weighted by Crippen LogP contribution is 2.44. The Hall–Kier alpha value is -3.10. The van der Waals surface area contributed by atoms with Crippen LogP contribution in [0.3, 0.4) is 0 Å². The van der Waals surface area contributed by atoms with Crippen LogP contribution >= 0.6 is 0 Å². The van der Waals surface area contributed by atoms with Crippen LogP contribution in [0.15, 0.2) is 48.5 Å². The third-order valence-corrected chi connectivity index (χ3v) is 5.82. The first-order valence-corrected chi connectivity index (χ1v) is 9.54. The Bertz CT molecular complexity index is 986. The molecular formula is C20H19F3N6. The summed E-state index contributed by atoms with van der Waals surface area (Å²) >= 11 is 0. The number of halogens is 3. The summed E-state index contributed by atoms with van der Waals surface area (Å²) < 4.78 is 38.9. The van der Waals surface area contributed by atoms with Crippen molar-refractivity contribution in [3.05, 3.63) is 59.9 Å². The van der Waals surface area contributed by atoms with Crippen LogP contribution in [0.2, 0.25) is 0 Å². The van der Waals surface area contributed by atoms with Crippen molar-refractivity contribution >= 4 is 17.1 Å². The zero-order valence-corrected chi connectivity index (χ0v) is 15.5. The number of rotatable bonds is 2. The van der Waals surface area contributed by atoms with E-state index in [4.69, 9.17) is 0 Å². The summed E-state index contributed by atoms with van der Waals surface area (Å²) in [6, 6.07) is 13.7. The summed E-state index contributed by atoms with van der Waals surface area (Å²) in [6.45, 7) is 1.57. The van der Waals surface area contributed by atoms with Gasteiger partial charge in [-0.2, -0.15) is 18.4 Å². The van der Waals surface area contributed by atoms with Gasteiger partial charge in [-0.05, 0) is 49.2 Å². The molecule has 1 fully saturated rings. The first kappa shape index (κ1) is 18.0. The monoisotopic (exact) mass is 400 g/mol. The standard InChI is InChI=1S/C20H19F3N6/c21-20(22,23)14-5-7-15(8-6-14)29-12-16-11-13(19-24-26-27-25-19)9-10-28(16)17-3-1-2-4-18(17)29/h1-8,13,16H,9-12H2,(H,24,25,26,27)/t13-,16+/m0/s1. The van der Waals surface area contributed by atoms with E-state index in [2.05, 4.69) is 36.5 Å². The Morgan fingerprint density at radius 1 is 1.00 bits per heavy atom. The molecule has 0 saturated carbocycles. The van der Waals surface area contributed by atoms with Gasteiger partial charge >= 0.3 is 6.18 Å². The molecule has 29 heavy (non-hydrogen) atoms. The lowest BCUT2D eigenvalue weighted by molar-refractivity contribution is -0.137. The predicted molar refractivity (Wildman–Crippen MR) is 102 cm³/mol. The molecule has 2 atom stereocenters. The number of hydrogen-bond acceptors (Lipinski definition) is 5. The summed E-state index contributed by atoms with van der Waals surface area (Å²) in [6.07, 6.45) is -2.54. The molecule has 3 heterocycles. The van der Waals surface area contributed by atoms with Crippen LogP contribution in [0.25, 0.3) is 0 Å². The van der Waals surface area contributed by atoms with E-state index < -0.39 is 11.7 Å². The average molecular weight is 400 g/mol. The molecule has 0 bridgehead atoms. The van der Waals surface area contributed by atoms with Gasteiger partial charge < -0.3 is 9.80 Å². The van der Waals surface area contributed by atoms with Gasteiger partial charge in [0, 0.05) is 30.7 Å². The van der Waals surface area contributed by atoms with Gasteiger partial charge in [-0.3, -0.25) is 0 Å². The van der Waals surface area contributed by atoms with Crippen molar-refractivity contribution < 1.29 is 13.2 Å². The van der Waals surface area contributed by atoms with E-state index >= 15 is 0 Å². The summed E-state index contributed by atoms with van der Waals surface area (Å²) in [5.41, 5.74) is 2.24. The van der Waals surface area contributed by atoms with Crippen molar-refractivity contribution in [1.82, 2.24) is 20.6 Å². The van der Waals surface area contributed by atoms with Crippen molar-refractivity contribution in [2.24, 2.45) is 0 Å². The number of H-pyrrole nitrogens is 1. The molecular weight excluding hydrogens is 381 g/mol. The van der Waals surface area contributed by atoms with Gasteiger partial charge in [0.2, 0.25) is 0 Å². The molecule has 1 N–H and O–H groups in total. The number of nitrogens with zero attached hydrogens (tertiary/aromatic N) is 5. The molecule has 2 aliphatic rings. The number of tetrazole rings is 1. The second-order valence-corrected chi connectivity index (χ2v) is 7.48. The first-order valence-electron chi connectivity index (χ1n) is 9.54. The van der Waals surface area contributed by atoms with Crippen LogP contribution in [0.5, 0.6) is 0 Å². The van der Waals surface area contributed by atoms with E-state index in [-0.39, 0.29) is 12.0 Å². The van der Waals surface area contributed by atoms with Gasteiger partial charge in [0.05, 0.1) is 16.9 Å². The Balaban J connectivity index is 1.48. The van der Waals surface area contributed by atoms with Gasteiger partial charge in [0.1, 0.15) is 0 Å². The maximum absolute atomic E-state index is 13.0. The van der Waals surface area contributed by atoms with Gasteiger partial charge in [0.25, 0.3) is 0 Å². The topological polar surface area (TPSA) is 60.9 Å². The number of nitrogens with one attached hydrogen (secondary N) is 1. The molecule has 2 aromatic carbocycles. The quantitative estimate of drug-likeness (QED) is 0.701. The molecule has 0 aliphatic carbocycles. The van der Waals surface area contributed by atoms with Gasteiger partial charge in [-0.25, -0.2) is 0 Å². The van der Waals surface area contributed by atoms with Crippen LogP contribution in [-0.4, -0.2) is 39.8 Å². The molecule has 0 amide bonds. The third-order valence-electron chi connectivity index (χ3n) is 5.82. The maximum atomic E-state index is 13.0. The Morgan fingerprint density at radius 2 is 1.76 bits per heavy atom. The van der Waals surface area contributed by atoms with Crippen LogP contribution in [0.1, 0.15) is 30.1 Å². The number of benzene rings is 2. The van der Waals surface area contributed by atoms with Crippen molar-refractivity contribution in [3.8, 4) is 0 Å². The Morgan fingerprint density at radius 3 is 2.45 bits per heavy atom. The van der Waals surface area contributed by atoms with Crippen molar-refractivity contribution in [3.63, 3.8) is 0 Å². The van der Waals surface area contributed by atoms with Crippen molar-refractivity contribution in [2.45, 2.75) is 31.0 Å². The fourth-order valence-corrected chi connectivity index (χ4v) is 4.44. The van der Waals surface area contributed by atoms with E-state index in [1.807, 2.05) is 18.2 Å². The average Bonchev–Trinajstić information content (AvgIpc) is 3.27. The lowest BCUT2D eigenvalue weighted by Crippen LogP contribution is -2.51. The summed E-state index contributed by atoms with van der Waals surface area (Å²) in [5, 5.41) is 14.5. The minimum Gasteiger partial charge on any atom is -0.365 e. The van der Waals surface area contributed by atoms with Gasteiger partial charge in [-0.15, -0.1) is 10.2 Å². The van der Waals surface area contributed by atoms with Gasteiger partial charge in [0.15, 0.2) is 5.82 Å². The molecule has 0 radical (unpaired) electrons. The van der Waals surface area contributed by atoms with Crippen molar-refractivity contribution in [1.29, 1.82) is 0 Å². The molecule has 6 nitrogen and oxygen atoms in total. The number of anilines is 3. The van der Waals surface area contributed by atoms with E-state index in [1.54, 1.807) is 12.1 Å². The number of para-hydroxylation sites is 2. The highest BCUT2D eigenvalue weighted by Gasteiger charge is 2.38. The van der Waals surface area contributed by atoms with Crippen LogP contribution in [-0.2, 0) is 6.18 Å². The van der Waals surface area contributed by atoms with Crippen LogP contribution < -0.4 is 9.80 Å². The number of aromatic amines is 1. The number of fused-ring (bicyclic) bond motifs is 3. The van der Waals surface area contributed by atoms with Crippen LogP contribution in [0.4, 0.5) is 30.2 Å². The molecule has 1 saturated heterocycles. The second kappa shape index (κ2) is 6.75. The number of piperidine rings is 1. The molecule has 2 aliphatic heterocycles. The zero-order chi connectivity index (χ0) is 20.0. The summed E-state index contributed by atoms with van der Waals surface area (Å²) in [7, 11) is 0. The fraction of sp³-hybridized carbons (Fsp3) is 0.350. The van der Waals surface area contributed by atoms with Gasteiger partial charge in [-0.1, -0.05) is 17.3 Å². The minimum atomic E-state index is -4.34. The normalized spacial score (nSPS) is 21.6. The largest absolute Gasteiger partial charge is 0.416 e. The molecule has 9 heteroatoms. The number of hydrogen-bond donors (Lipinski definition) is 1. The zero-order valence-electron chi connectivity index (χ0n) is 15.5. The number of aromatic nitrogens is 4. The highest BCUT2D eigenvalue weighted by molar-refractivity contribution is 5.80. The first-order chi connectivity index (χ1) is 14.0. The van der Waals surface area contributed by atoms with Crippen molar-refractivity contribution in [2.75, 3.05) is 22.9 Å². The van der Waals surface area contributed by atoms with E-state index in [0.717, 1.165) is 54.4 Å². The number of alkyl halides is 3. The van der Waals surface area contributed by atoms with E-state index in [0.29, 0.717) is 6.54 Å². The lowest BCUT2D eigenvalue weighted by Gasteiger charge is -2.48. The molecule has 1 aromatic heterocycles. The lowest BCUT2D eigenvalue weighted by atomic mass is 9.87. The highest BCUT2D eigenvalue weighted by atomic mass is 19.4. The predicted octanol–water partition coefficient (Wildman–Crippen LogP) is 4.12. The maximum Gasteiger partial charge on any atom is 0.416 e. The Kier molecular flexibility index (Phi) is 4.18. The second-order valence-electron chi connectivity index (χ2n) is 7.48. The molecule has 0 spiro atoms. The molecule has 5 rings (SSSR count). The van der Waals surface area contributed by atoms with E-state index in [9.17, 15) is 13.2 Å². The Labute approximate surface area is 165 Å². The SMILES string of the molecule is FC(F)(F)c1ccc(N2C[C@H]3C[C@@H](c4nn[nH]n4)CCN3c3ccccc32)cc1. The summed E-state index contributed by atoms with van der Waals surface area (Å²) in [5.74, 6) is 0.944. The third kappa shape index (κ3) is 3.20. The van der Waals surface area contributed by atoms with Crippen LogP contribution in [0, 0.1) is 0 Å². The fourth-order valence-electron chi connectivity index (χ4n) is 4.44. The molecule has 0 unspecified atom stereocenters. The minimum absolute atomic E-state index is 0.212.